The number of aromatic nitrogens is 4. The molecule has 2 aromatic rings. The van der Waals surface area contributed by atoms with Crippen molar-refractivity contribution in [2.75, 3.05) is 26.6 Å². The molecule has 2 N–H and O–H groups in total. The zero-order chi connectivity index (χ0) is 14.5. The molecule has 1 atom stereocenters. The Balaban J connectivity index is 2.46. The highest BCUT2D eigenvalue weighted by Gasteiger charge is 2.19. The van der Waals surface area contributed by atoms with Crippen molar-refractivity contribution in [3.05, 3.63) is 18.2 Å². The highest BCUT2D eigenvalue weighted by Crippen LogP contribution is 2.31. The maximum Gasteiger partial charge on any atom is 0.186 e. The first-order chi connectivity index (χ1) is 9.71. The van der Waals surface area contributed by atoms with Crippen molar-refractivity contribution in [3.8, 4) is 17.1 Å². The maximum atomic E-state index is 5.77. The normalized spacial score (nSPS) is 12.3. The van der Waals surface area contributed by atoms with Crippen LogP contribution < -0.4 is 10.5 Å². The molecule has 0 saturated heterocycles. The first-order valence-electron chi connectivity index (χ1n) is 6.42. The number of nitrogen functional groups attached to an aromatic ring is 1. The molecule has 108 valence electrons. The summed E-state index contributed by atoms with van der Waals surface area (Å²) >= 11 is 0. The van der Waals surface area contributed by atoms with Crippen LogP contribution in [0.25, 0.3) is 11.4 Å². The molecule has 0 fully saturated rings. The lowest BCUT2D eigenvalue weighted by Gasteiger charge is -2.16. The standard InChI is InChI=1S/C13H19N5O2/c1-4-10(8-19-2)18-13(15-16-17-18)11-6-5-9(14)7-12(11)20-3/h5-7,10H,4,8,14H2,1-3H3. The van der Waals surface area contributed by atoms with Crippen molar-refractivity contribution in [3.63, 3.8) is 0 Å². The highest BCUT2D eigenvalue weighted by molar-refractivity contribution is 5.67. The van der Waals surface area contributed by atoms with Gasteiger partial charge in [-0.25, -0.2) is 4.68 Å². The zero-order valence-corrected chi connectivity index (χ0v) is 11.9. The fourth-order valence-corrected chi connectivity index (χ4v) is 2.06. The highest BCUT2D eigenvalue weighted by atomic mass is 16.5. The van der Waals surface area contributed by atoms with Gasteiger partial charge in [0.2, 0.25) is 0 Å². The molecule has 1 heterocycles. The molecule has 2 rings (SSSR count). The number of methoxy groups -OCH3 is 2. The predicted molar refractivity (Wildman–Crippen MR) is 75.4 cm³/mol. The number of rotatable bonds is 6. The van der Waals surface area contributed by atoms with Crippen LogP contribution in [0.4, 0.5) is 5.69 Å². The van der Waals surface area contributed by atoms with Gasteiger partial charge < -0.3 is 15.2 Å². The SMILES string of the molecule is CCC(COC)n1nnnc1-c1ccc(N)cc1OC. The van der Waals surface area contributed by atoms with E-state index in [1.807, 2.05) is 6.07 Å². The van der Waals surface area contributed by atoms with Crippen molar-refractivity contribution in [2.24, 2.45) is 0 Å². The third kappa shape index (κ3) is 2.72. The minimum Gasteiger partial charge on any atom is -0.496 e. The van der Waals surface area contributed by atoms with Crippen LogP contribution in [-0.4, -0.2) is 41.0 Å². The number of hydrogen-bond donors (Lipinski definition) is 1. The molecule has 1 aromatic carbocycles. The van der Waals surface area contributed by atoms with Gasteiger partial charge in [-0.1, -0.05) is 6.92 Å². The third-order valence-electron chi connectivity index (χ3n) is 3.14. The van der Waals surface area contributed by atoms with Gasteiger partial charge in [-0.05, 0) is 29.0 Å². The number of nitrogens with zero attached hydrogens (tertiary/aromatic N) is 4. The van der Waals surface area contributed by atoms with Gasteiger partial charge in [0.05, 0.1) is 25.3 Å². The zero-order valence-electron chi connectivity index (χ0n) is 11.9. The number of benzene rings is 1. The molecule has 0 saturated carbocycles. The summed E-state index contributed by atoms with van der Waals surface area (Å²) in [5.74, 6) is 1.29. The Morgan fingerprint density at radius 2 is 2.15 bits per heavy atom. The summed E-state index contributed by atoms with van der Waals surface area (Å²) in [6, 6.07) is 5.49. The third-order valence-corrected chi connectivity index (χ3v) is 3.14. The lowest BCUT2D eigenvalue weighted by molar-refractivity contribution is 0.147. The number of tetrazole rings is 1. The fourth-order valence-electron chi connectivity index (χ4n) is 2.06. The smallest absolute Gasteiger partial charge is 0.186 e. The Labute approximate surface area is 117 Å². The number of ether oxygens (including phenoxy) is 2. The molecule has 7 nitrogen and oxygen atoms in total. The van der Waals surface area contributed by atoms with Crippen LogP contribution in [0.15, 0.2) is 18.2 Å². The molecule has 20 heavy (non-hydrogen) atoms. The number of anilines is 1. The van der Waals surface area contributed by atoms with Crippen LogP contribution in [0.3, 0.4) is 0 Å². The summed E-state index contributed by atoms with van der Waals surface area (Å²) in [6.45, 7) is 2.61. The molecule has 1 aromatic heterocycles. The Hall–Kier alpha value is -2.15. The summed E-state index contributed by atoms with van der Waals surface area (Å²) in [5.41, 5.74) is 7.21. The molecule has 0 spiro atoms. The minimum absolute atomic E-state index is 0.0762. The van der Waals surface area contributed by atoms with Crippen molar-refractivity contribution in [1.82, 2.24) is 20.2 Å². The Kier molecular flexibility index (Phi) is 4.52. The van der Waals surface area contributed by atoms with Crippen molar-refractivity contribution < 1.29 is 9.47 Å². The van der Waals surface area contributed by atoms with Crippen molar-refractivity contribution >= 4 is 5.69 Å². The summed E-state index contributed by atoms with van der Waals surface area (Å²) in [4.78, 5) is 0. The number of nitrogens with two attached hydrogens (primary N) is 1. The van der Waals surface area contributed by atoms with Gasteiger partial charge in [-0.15, -0.1) is 5.10 Å². The van der Waals surface area contributed by atoms with E-state index >= 15 is 0 Å². The molecular formula is C13H19N5O2. The van der Waals surface area contributed by atoms with E-state index in [9.17, 15) is 0 Å². The second kappa shape index (κ2) is 6.33. The van der Waals surface area contributed by atoms with Crippen LogP contribution in [0.1, 0.15) is 19.4 Å². The van der Waals surface area contributed by atoms with Gasteiger partial charge in [-0.3, -0.25) is 0 Å². The molecule has 0 aliphatic rings. The minimum atomic E-state index is 0.0762. The van der Waals surface area contributed by atoms with Gasteiger partial charge in [0, 0.05) is 18.9 Å². The van der Waals surface area contributed by atoms with E-state index in [0.717, 1.165) is 12.0 Å². The van der Waals surface area contributed by atoms with E-state index in [1.165, 1.54) is 0 Å². The predicted octanol–water partition coefficient (Wildman–Crippen LogP) is 1.53. The van der Waals surface area contributed by atoms with Crippen molar-refractivity contribution in [2.45, 2.75) is 19.4 Å². The van der Waals surface area contributed by atoms with E-state index in [1.54, 1.807) is 31.0 Å². The first-order valence-corrected chi connectivity index (χ1v) is 6.42. The maximum absolute atomic E-state index is 5.77. The largest absolute Gasteiger partial charge is 0.496 e. The average molecular weight is 277 g/mol. The quantitative estimate of drug-likeness (QED) is 0.805. The van der Waals surface area contributed by atoms with Crippen LogP contribution in [-0.2, 0) is 4.74 Å². The van der Waals surface area contributed by atoms with Gasteiger partial charge in [0.15, 0.2) is 5.82 Å². The van der Waals surface area contributed by atoms with Crippen LogP contribution in [0, 0.1) is 0 Å². The monoisotopic (exact) mass is 277 g/mol. The topological polar surface area (TPSA) is 88.1 Å². The second-order valence-electron chi connectivity index (χ2n) is 4.42. The van der Waals surface area contributed by atoms with Gasteiger partial charge in [0.25, 0.3) is 0 Å². The van der Waals surface area contributed by atoms with E-state index in [-0.39, 0.29) is 6.04 Å². The Morgan fingerprint density at radius 3 is 2.80 bits per heavy atom. The van der Waals surface area contributed by atoms with E-state index in [0.29, 0.717) is 23.9 Å². The molecule has 7 heteroatoms. The van der Waals surface area contributed by atoms with Gasteiger partial charge in [-0.2, -0.15) is 0 Å². The van der Waals surface area contributed by atoms with Crippen LogP contribution in [0.5, 0.6) is 5.75 Å². The second-order valence-corrected chi connectivity index (χ2v) is 4.42. The van der Waals surface area contributed by atoms with Crippen LogP contribution >= 0.6 is 0 Å². The van der Waals surface area contributed by atoms with Crippen LogP contribution in [0.2, 0.25) is 0 Å². The summed E-state index contributed by atoms with van der Waals surface area (Å²) in [6.07, 6.45) is 0.864. The summed E-state index contributed by atoms with van der Waals surface area (Å²) < 4.78 is 12.3. The van der Waals surface area contributed by atoms with E-state index in [2.05, 4.69) is 22.4 Å². The Morgan fingerprint density at radius 1 is 1.35 bits per heavy atom. The first kappa shape index (κ1) is 14.3. The summed E-state index contributed by atoms with van der Waals surface area (Å²) in [5, 5.41) is 11.9. The molecule has 0 bridgehead atoms. The van der Waals surface area contributed by atoms with Gasteiger partial charge >= 0.3 is 0 Å². The van der Waals surface area contributed by atoms with E-state index in [4.69, 9.17) is 15.2 Å². The average Bonchev–Trinajstić information content (AvgIpc) is 2.93. The Bertz CT molecular complexity index is 570. The molecule has 0 aliphatic carbocycles. The molecule has 0 radical (unpaired) electrons. The van der Waals surface area contributed by atoms with E-state index < -0.39 is 0 Å². The lowest BCUT2D eigenvalue weighted by Crippen LogP contribution is -2.16. The molecule has 0 aliphatic heterocycles. The fraction of sp³-hybridized carbons (Fsp3) is 0.462. The van der Waals surface area contributed by atoms with Gasteiger partial charge in [0.1, 0.15) is 5.75 Å². The molecule has 1 unspecified atom stereocenters. The number of hydrogen-bond acceptors (Lipinski definition) is 6. The van der Waals surface area contributed by atoms with Crippen molar-refractivity contribution in [1.29, 1.82) is 0 Å². The molecule has 0 amide bonds. The lowest BCUT2D eigenvalue weighted by atomic mass is 10.1. The summed E-state index contributed by atoms with van der Waals surface area (Å²) in [7, 11) is 3.26. The molecular weight excluding hydrogens is 258 g/mol.